The Labute approximate surface area is 71.8 Å². The summed E-state index contributed by atoms with van der Waals surface area (Å²) in [5, 5.41) is 7.90. The van der Waals surface area contributed by atoms with Crippen LogP contribution in [0.15, 0.2) is 6.20 Å². The van der Waals surface area contributed by atoms with Crippen LogP contribution in [-0.2, 0) is 12.0 Å². The molecule has 0 bridgehead atoms. The molecular formula is C8H14N4. The van der Waals surface area contributed by atoms with Crippen molar-refractivity contribution in [3.8, 4) is 0 Å². The monoisotopic (exact) mass is 166 g/mol. The highest BCUT2D eigenvalue weighted by molar-refractivity contribution is 5.22. The van der Waals surface area contributed by atoms with Crippen molar-refractivity contribution in [2.75, 3.05) is 6.54 Å². The first kappa shape index (κ1) is 7.73. The molecule has 0 saturated heterocycles. The molecule has 0 spiro atoms. The summed E-state index contributed by atoms with van der Waals surface area (Å²) in [6.45, 7) is 3.68. The largest absolute Gasteiger partial charge is 0.330 e. The summed E-state index contributed by atoms with van der Waals surface area (Å²) >= 11 is 0. The summed E-state index contributed by atoms with van der Waals surface area (Å²) in [5.41, 5.74) is 7.15. The number of nitrogens with zero attached hydrogens (tertiary/aromatic N) is 3. The first-order chi connectivity index (χ1) is 5.82. The molecule has 66 valence electrons. The second-order valence-corrected chi connectivity index (χ2v) is 3.42. The third kappa shape index (κ3) is 0.948. The van der Waals surface area contributed by atoms with Gasteiger partial charge in [-0.25, -0.2) is 4.68 Å². The predicted octanol–water partition coefficient (Wildman–Crippen LogP) is 0.288. The quantitative estimate of drug-likeness (QED) is 0.702. The molecule has 1 fully saturated rings. The Morgan fingerprint density at radius 1 is 1.67 bits per heavy atom. The number of nitrogens with two attached hydrogens (primary N) is 1. The molecule has 0 amide bonds. The molecule has 1 saturated carbocycles. The third-order valence-electron chi connectivity index (χ3n) is 2.70. The minimum Gasteiger partial charge on any atom is -0.330 e. The lowest BCUT2D eigenvalue weighted by atomic mass is 10.0. The molecular weight excluding hydrogens is 152 g/mol. The van der Waals surface area contributed by atoms with Gasteiger partial charge in [-0.2, -0.15) is 0 Å². The van der Waals surface area contributed by atoms with Crippen molar-refractivity contribution in [3.05, 3.63) is 11.9 Å². The van der Waals surface area contributed by atoms with Crippen LogP contribution in [0.4, 0.5) is 0 Å². The van der Waals surface area contributed by atoms with Crippen LogP contribution in [-0.4, -0.2) is 21.5 Å². The van der Waals surface area contributed by atoms with E-state index in [4.69, 9.17) is 5.73 Å². The second kappa shape index (κ2) is 2.55. The summed E-state index contributed by atoms with van der Waals surface area (Å²) in [6, 6.07) is 0. The van der Waals surface area contributed by atoms with Gasteiger partial charge in [-0.05, 0) is 19.8 Å². The molecule has 0 atom stereocenters. The average molecular weight is 166 g/mol. The van der Waals surface area contributed by atoms with Gasteiger partial charge in [-0.3, -0.25) is 0 Å². The summed E-state index contributed by atoms with van der Waals surface area (Å²) in [4.78, 5) is 0. The molecule has 4 heteroatoms. The molecule has 4 nitrogen and oxygen atoms in total. The summed E-state index contributed by atoms with van der Waals surface area (Å²) < 4.78 is 1.94. The van der Waals surface area contributed by atoms with Crippen LogP contribution in [0.1, 0.15) is 25.5 Å². The maximum atomic E-state index is 5.71. The van der Waals surface area contributed by atoms with Crippen molar-refractivity contribution in [1.82, 2.24) is 15.0 Å². The number of hydrogen-bond donors (Lipinski definition) is 1. The fourth-order valence-electron chi connectivity index (χ4n) is 1.62. The first-order valence-corrected chi connectivity index (χ1v) is 4.41. The van der Waals surface area contributed by atoms with Crippen LogP contribution in [0.25, 0.3) is 0 Å². The van der Waals surface area contributed by atoms with E-state index in [9.17, 15) is 0 Å². The van der Waals surface area contributed by atoms with Crippen molar-refractivity contribution < 1.29 is 0 Å². The van der Waals surface area contributed by atoms with E-state index in [2.05, 4.69) is 17.2 Å². The molecule has 1 heterocycles. The zero-order valence-corrected chi connectivity index (χ0v) is 7.32. The molecule has 1 aromatic heterocycles. The molecule has 1 aromatic rings. The summed E-state index contributed by atoms with van der Waals surface area (Å²) in [7, 11) is 0. The van der Waals surface area contributed by atoms with Crippen LogP contribution in [0.5, 0.6) is 0 Å². The van der Waals surface area contributed by atoms with E-state index < -0.39 is 0 Å². The van der Waals surface area contributed by atoms with Crippen molar-refractivity contribution in [1.29, 1.82) is 0 Å². The number of hydrogen-bond acceptors (Lipinski definition) is 3. The fraction of sp³-hybridized carbons (Fsp3) is 0.750. The molecule has 0 aliphatic heterocycles. The van der Waals surface area contributed by atoms with E-state index in [1.807, 2.05) is 10.9 Å². The van der Waals surface area contributed by atoms with Gasteiger partial charge in [0.25, 0.3) is 0 Å². The zero-order valence-electron chi connectivity index (χ0n) is 7.32. The number of aryl methyl sites for hydroxylation is 1. The van der Waals surface area contributed by atoms with Crippen LogP contribution in [0.2, 0.25) is 0 Å². The minimum absolute atomic E-state index is 0.222. The van der Waals surface area contributed by atoms with E-state index in [0.29, 0.717) is 0 Å². The van der Waals surface area contributed by atoms with Crippen LogP contribution >= 0.6 is 0 Å². The van der Waals surface area contributed by atoms with Gasteiger partial charge >= 0.3 is 0 Å². The zero-order chi connectivity index (χ0) is 8.60. The molecule has 1 aliphatic carbocycles. The van der Waals surface area contributed by atoms with Gasteiger partial charge in [-0.15, -0.1) is 5.10 Å². The summed E-state index contributed by atoms with van der Waals surface area (Å²) in [5.74, 6) is 0. The second-order valence-electron chi connectivity index (χ2n) is 3.42. The smallest absolute Gasteiger partial charge is 0.0731 e. The van der Waals surface area contributed by atoms with Gasteiger partial charge in [0.1, 0.15) is 0 Å². The minimum atomic E-state index is 0.222. The van der Waals surface area contributed by atoms with Crippen molar-refractivity contribution in [3.63, 3.8) is 0 Å². The Balaban J connectivity index is 2.32. The topological polar surface area (TPSA) is 56.7 Å². The highest BCUT2D eigenvalue weighted by atomic mass is 15.4. The Kier molecular flexibility index (Phi) is 1.65. The Morgan fingerprint density at radius 3 is 2.92 bits per heavy atom. The lowest BCUT2D eigenvalue weighted by Gasteiger charge is -2.12. The van der Waals surface area contributed by atoms with Gasteiger partial charge in [0.15, 0.2) is 0 Å². The van der Waals surface area contributed by atoms with E-state index in [1.165, 1.54) is 18.5 Å². The average Bonchev–Trinajstić information content (AvgIpc) is 2.76. The highest BCUT2D eigenvalue weighted by Crippen LogP contribution is 2.46. The molecule has 0 unspecified atom stereocenters. The summed E-state index contributed by atoms with van der Waals surface area (Å²) in [6.07, 6.45) is 4.23. The van der Waals surface area contributed by atoms with E-state index in [-0.39, 0.29) is 5.41 Å². The Hall–Kier alpha value is -0.900. The van der Waals surface area contributed by atoms with Crippen molar-refractivity contribution in [2.24, 2.45) is 5.73 Å². The van der Waals surface area contributed by atoms with E-state index >= 15 is 0 Å². The maximum absolute atomic E-state index is 5.71. The Morgan fingerprint density at radius 2 is 2.42 bits per heavy atom. The highest BCUT2D eigenvalue weighted by Gasteiger charge is 2.45. The van der Waals surface area contributed by atoms with Gasteiger partial charge in [0, 0.05) is 18.5 Å². The standard InChI is InChI=1S/C8H14N4/c1-2-12-7(5-10-11-12)8(6-9)3-4-8/h5H,2-4,6,9H2,1H3. The van der Waals surface area contributed by atoms with Crippen LogP contribution < -0.4 is 5.73 Å². The molecule has 2 N–H and O–H groups in total. The van der Waals surface area contributed by atoms with Crippen LogP contribution in [0, 0.1) is 0 Å². The maximum Gasteiger partial charge on any atom is 0.0731 e. The molecule has 0 aromatic carbocycles. The SMILES string of the molecule is CCn1nncc1C1(CN)CC1. The first-order valence-electron chi connectivity index (χ1n) is 4.41. The van der Waals surface area contributed by atoms with E-state index in [0.717, 1.165) is 13.1 Å². The van der Waals surface area contributed by atoms with E-state index in [1.54, 1.807) is 0 Å². The van der Waals surface area contributed by atoms with Gasteiger partial charge < -0.3 is 5.73 Å². The molecule has 12 heavy (non-hydrogen) atoms. The third-order valence-corrected chi connectivity index (χ3v) is 2.70. The lowest BCUT2D eigenvalue weighted by molar-refractivity contribution is 0.547. The molecule has 0 radical (unpaired) electrons. The van der Waals surface area contributed by atoms with Crippen molar-refractivity contribution in [2.45, 2.75) is 31.7 Å². The number of rotatable bonds is 3. The van der Waals surface area contributed by atoms with Gasteiger partial charge in [-0.1, -0.05) is 5.21 Å². The normalized spacial score (nSPS) is 19.5. The fourth-order valence-corrected chi connectivity index (χ4v) is 1.62. The lowest BCUT2D eigenvalue weighted by Crippen LogP contribution is -2.23. The number of aromatic nitrogens is 3. The molecule has 1 aliphatic rings. The van der Waals surface area contributed by atoms with Gasteiger partial charge in [0.05, 0.1) is 11.9 Å². The predicted molar refractivity (Wildman–Crippen MR) is 45.7 cm³/mol. The van der Waals surface area contributed by atoms with Crippen LogP contribution in [0.3, 0.4) is 0 Å². The van der Waals surface area contributed by atoms with Gasteiger partial charge in [0.2, 0.25) is 0 Å². The molecule has 2 rings (SSSR count). The Bertz CT molecular complexity index is 274. The van der Waals surface area contributed by atoms with Crippen molar-refractivity contribution >= 4 is 0 Å².